The summed E-state index contributed by atoms with van der Waals surface area (Å²) in [6.07, 6.45) is 5.05. The van der Waals surface area contributed by atoms with Gasteiger partial charge in [-0.1, -0.05) is 6.07 Å². The minimum atomic E-state index is 0.579. The molecule has 2 fully saturated rings. The van der Waals surface area contributed by atoms with Crippen molar-refractivity contribution in [2.45, 2.75) is 25.4 Å². The van der Waals surface area contributed by atoms with Crippen LogP contribution in [0.3, 0.4) is 0 Å². The normalized spacial score (nSPS) is 21.1. The number of pyridine rings is 3. The lowest BCUT2D eigenvalue weighted by Gasteiger charge is -2.33. The van der Waals surface area contributed by atoms with Gasteiger partial charge in [-0.25, -0.2) is 4.98 Å². The molecule has 6 heterocycles. The zero-order valence-electron chi connectivity index (χ0n) is 17.1. The molecule has 0 aliphatic carbocycles. The summed E-state index contributed by atoms with van der Waals surface area (Å²) in [6, 6.07) is 13.4. The molecule has 0 amide bonds. The third-order valence-corrected chi connectivity index (χ3v) is 6.43. The summed E-state index contributed by atoms with van der Waals surface area (Å²) in [5.74, 6) is 0. The van der Waals surface area contributed by atoms with Gasteiger partial charge in [-0.15, -0.1) is 0 Å². The summed E-state index contributed by atoms with van der Waals surface area (Å²) in [7, 11) is 2.22. The second kappa shape index (κ2) is 6.60. The lowest BCUT2D eigenvalue weighted by Crippen LogP contribution is -2.44. The van der Waals surface area contributed by atoms with Crippen molar-refractivity contribution in [3.05, 3.63) is 54.5 Å². The average molecular weight is 397 g/mol. The van der Waals surface area contributed by atoms with Crippen LogP contribution in [0.15, 0.2) is 48.8 Å². The number of H-pyrrole nitrogens is 1. The number of hydrogen-bond acceptors (Lipinski definition) is 6. The van der Waals surface area contributed by atoms with E-state index in [1.54, 1.807) is 0 Å². The number of nitrogens with one attached hydrogen (secondary N) is 1. The summed E-state index contributed by atoms with van der Waals surface area (Å²) in [4.78, 5) is 19.2. The second-order valence-corrected chi connectivity index (χ2v) is 8.39. The number of aromatic amines is 1. The maximum Gasteiger partial charge on any atom is 0.0928 e. The van der Waals surface area contributed by atoms with Crippen molar-refractivity contribution >= 4 is 16.7 Å². The minimum absolute atomic E-state index is 0.579. The zero-order chi connectivity index (χ0) is 20.2. The molecule has 150 valence electrons. The Kier molecular flexibility index (Phi) is 3.86. The molecule has 4 aromatic heterocycles. The molecule has 0 radical (unpaired) electrons. The van der Waals surface area contributed by atoms with E-state index < -0.39 is 0 Å². The van der Waals surface area contributed by atoms with E-state index in [9.17, 15) is 0 Å². The van der Waals surface area contributed by atoms with Crippen LogP contribution in [0.2, 0.25) is 0 Å². The Morgan fingerprint density at radius 2 is 1.90 bits per heavy atom. The van der Waals surface area contributed by atoms with Crippen LogP contribution in [-0.2, 0) is 0 Å². The molecule has 7 heteroatoms. The van der Waals surface area contributed by atoms with Crippen LogP contribution in [0.5, 0.6) is 0 Å². The first kappa shape index (κ1) is 17.5. The Morgan fingerprint density at radius 3 is 2.70 bits per heavy atom. The molecule has 0 saturated carbocycles. The molecular formula is C23H23N7. The molecule has 2 aliphatic heterocycles. The van der Waals surface area contributed by atoms with Crippen LogP contribution in [0, 0.1) is 6.92 Å². The van der Waals surface area contributed by atoms with E-state index >= 15 is 0 Å². The smallest absolute Gasteiger partial charge is 0.0928 e. The molecule has 30 heavy (non-hydrogen) atoms. The number of anilines is 1. The molecule has 2 unspecified atom stereocenters. The van der Waals surface area contributed by atoms with Crippen LogP contribution in [0.4, 0.5) is 5.69 Å². The Bertz CT molecular complexity index is 1250. The molecule has 1 N–H and O–H groups in total. The van der Waals surface area contributed by atoms with Crippen molar-refractivity contribution in [1.82, 2.24) is 30.0 Å². The number of nitrogens with zero attached hydrogens (tertiary/aromatic N) is 6. The largest absolute Gasteiger partial charge is 0.364 e. The highest BCUT2D eigenvalue weighted by molar-refractivity contribution is 5.84. The number of likely N-dealkylation sites (N-methyl/N-ethyl adjacent to an activating group) is 1. The predicted octanol–water partition coefficient (Wildman–Crippen LogP) is 3.28. The van der Waals surface area contributed by atoms with Gasteiger partial charge in [0.05, 0.1) is 46.2 Å². The molecule has 2 saturated heterocycles. The van der Waals surface area contributed by atoms with E-state index in [1.165, 1.54) is 12.1 Å². The number of fused-ring (bicyclic) bond motifs is 3. The fraction of sp³-hybridized carbons (Fsp3) is 0.304. The summed E-state index contributed by atoms with van der Waals surface area (Å²) in [6.45, 7) is 4.18. The average Bonchev–Trinajstić information content (AvgIpc) is 3.48. The van der Waals surface area contributed by atoms with Crippen molar-refractivity contribution in [2.75, 3.05) is 25.0 Å². The maximum atomic E-state index is 4.95. The standard InChI is InChI=1S/C23H23N7/c1-14-4-3-5-21(26-14)23-18(11-25-28-23)19-6-7-20-22(27-19)9-15(10-24-20)30-13-16-8-17(30)12-29(16)2/h3-7,9-11,16-17H,8,12-13H2,1-2H3,(H,25,28). The van der Waals surface area contributed by atoms with Crippen molar-refractivity contribution in [2.24, 2.45) is 0 Å². The SMILES string of the molecule is Cc1cccc(-c2[nH]ncc2-c2ccc3ncc(N4CC5CC4CN5C)cc3n2)n1. The maximum absolute atomic E-state index is 4.95. The summed E-state index contributed by atoms with van der Waals surface area (Å²) in [5.41, 5.74) is 7.52. The summed E-state index contributed by atoms with van der Waals surface area (Å²) >= 11 is 0. The van der Waals surface area contributed by atoms with Gasteiger partial charge in [0, 0.05) is 36.4 Å². The molecule has 0 spiro atoms. The Balaban J connectivity index is 1.39. The number of piperazine rings is 1. The molecule has 2 bridgehead atoms. The quantitative estimate of drug-likeness (QED) is 0.572. The summed E-state index contributed by atoms with van der Waals surface area (Å²) in [5, 5.41) is 7.36. The van der Waals surface area contributed by atoms with E-state index in [1.807, 2.05) is 49.6 Å². The fourth-order valence-corrected chi connectivity index (χ4v) is 4.84. The number of aromatic nitrogens is 5. The lowest BCUT2D eigenvalue weighted by molar-refractivity contribution is 0.292. The van der Waals surface area contributed by atoms with Crippen LogP contribution < -0.4 is 4.90 Å². The van der Waals surface area contributed by atoms with Gasteiger partial charge in [-0.05, 0) is 50.7 Å². The van der Waals surface area contributed by atoms with E-state index in [-0.39, 0.29) is 0 Å². The predicted molar refractivity (Wildman–Crippen MR) is 117 cm³/mol. The van der Waals surface area contributed by atoms with Crippen LogP contribution in [0.25, 0.3) is 33.7 Å². The van der Waals surface area contributed by atoms with E-state index in [4.69, 9.17) is 4.98 Å². The van der Waals surface area contributed by atoms with Gasteiger partial charge in [-0.3, -0.25) is 20.0 Å². The highest BCUT2D eigenvalue weighted by Crippen LogP contribution is 2.35. The molecule has 6 rings (SSSR count). The summed E-state index contributed by atoms with van der Waals surface area (Å²) < 4.78 is 0. The molecule has 7 nitrogen and oxygen atoms in total. The molecule has 2 aliphatic rings. The van der Waals surface area contributed by atoms with Gasteiger partial charge in [0.25, 0.3) is 0 Å². The second-order valence-electron chi connectivity index (χ2n) is 8.39. The molecular weight excluding hydrogens is 374 g/mol. The van der Waals surface area contributed by atoms with E-state index in [2.05, 4.69) is 43.1 Å². The van der Waals surface area contributed by atoms with Gasteiger partial charge in [0.1, 0.15) is 0 Å². The lowest BCUT2D eigenvalue weighted by atomic mass is 10.1. The van der Waals surface area contributed by atoms with Crippen LogP contribution >= 0.6 is 0 Å². The molecule has 4 aromatic rings. The minimum Gasteiger partial charge on any atom is -0.364 e. The monoisotopic (exact) mass is 397 g/mol. The first-order chi connectivity index (χ1) is 14.7. The number of rotatable bonds is 3. The number of hydrogen-bond donors (Lipinski definition) is 1. The number of aryl methyl sites for hydroxylation is 1. The third-order valence-electron chi connectivity index (χ3n) is 6.43. The van der Waals surface area contributed by atoms with Gasteiger partial charge in [0.2, 0.25) is 0 Å². The molecule has 2 atom stereocenters. The van der Waals surface area contributed by atoms with Crippen molar-refractivity contribution in [1.29, 1.82) is 0 Å². The van der Waals surface area contributed by atoms with Gasteiger partial charge >= 0.3 is 0 Å². The first-order valence-electron chi connectivity index (χ1n) is 10.4. The Labute approximate surface area is 174 Å². The number of likely N-dealkylation sites (tertiary alicyclic amines) is 1. The Hall–Kier alpha value is -3.32. The topological polar surface area (TPSA) is 73.8 Å². The van der Waals surface area contributed by atoms with Crippen LogP contribution in [-0.4, -0.2) is 62.3 Å². The van der Waals surface area contributed by atoms with Gasteiger partial charge in [0.15, 0.2) is 0 Å². The van der Waals surface area contributed by atoms with Crippen molar-refractivity contribution in [3.63, 3.8) is 0 Å². The van der Waals surface area contributed by atoms with E-state index in [0.29, 0.717) is 12.1 Å². The molecule has 0 aromatic carbocycles. The van der Waals surface area contributed by atoms with Gasteiger partial charge in [-0.2, -0.15) is 5.10 Å². The fourth-order valence-electron chi connectivity index (χ4n) is 4.84. The highest BCUT2D eigenvalue weighted by atomic mass is 15.3. The Morgan fingerprint density at radius 1 is 0.967 bits per heavy atom. The third kappa shape index (κ3) is 2.77. The van der Waals surface area contributed by atoms with Crippen molar-refractivity contribution in [3.8, 4) is 22.6 Å². The highest BCUT2D eigenvalue weighted by Gasteiger charge is 2.41. The van der Waals surface area contributed by atoms with E-state index in [0.717, 1.165) is 52.5 Å². The van der Waals surface area contributed by atoms with Crippen LogP contribution in [0.1, 0.15) is 12.1 Å². The van der Waals surface area contributed by atoms with Gasteiger partial charge < -0.3 is 4.90 Å². The zero-order valence-corrected chi connectivity index (χ0v) is 17.1. The first-order valence-corrected chi connectivity index (χ1v) is 10.4. The van der Waals surface area contributed by atoms with Crippen molar-refractivity contribution < 1.29 is 0 Å².